The molecular formula is C16H19NO5S2. The molecule has 6 nitrogen and oxygen atoms in total. The molecule has 1 N–H and O–H groups in total. The van der Waals surface area contributed by atoms with E-state index in [-0.39, 0.29) is 16.3 Å². The summed E-state index contributed by atoms with van der Waals surface area (Å²) in [6.45, 7) is 2.63. The van der Waals surface area contributed by atoms with Crippen LogP contribution in [0, 0.1) is 0 Å². The van der Waals surface area contributed by atoms with Crippen LogP contribution in [0.5, 0.6) is 5.75 Å². The number of rotatable bonds is 8. The summed E-state index contributed by atoms with van der Waals surface area (Å²) in [5, 5.41) is 1.55. The molecular weight excluding hydrogens is 350 g/mol. The lowest BCUT2D eigenvalue weighted by Crippen LogP contribution is -2.27. The maximum Gasteiger partial charge on any atom is 0.349 e. The Morgan fingerprint density at radius 2 is 2.00 bits per heavy atom. The third-order valence-corrected chi connectivity index (χ3v) is 5.78. The summed E-state index contributed by atoms with van der Waals surface area (Å²) in [5.74, 6) is 0.0806. The molecule has 2 aromatic rings. The van der Waals surface area contributed by atoms with Crippen LogP contribution in [0.25, 0.3) is 0 Å². The number of carbonyl (C=O) groups is 1. The van der Waals surface area contributed by atoms with Crippen molar-refractivity contribution in [2.75, 3.05) is 20.3 Å². The first-order valence-corrected chi connectivity index (χ1v) is 9.72. The number of carbonyl (C=O) groups excluding carboxylic acids is 1. The quantitative estimate of drug-likeness (QED) is 0.723. The molecule has 2 rings (SSSR count). The zero-order valence-electron chi connectivity index (χ0n) is 13.4. The minimum absolute atomic E-state index is 0.0579. The molecule has 0 radical (unpaired) electrons. The van der Waals surface area contributed by atoms with Crippen LogP contribution in [-0.2, 0) is 21.2 Å². The molecule has 0 aliphatic carbocycles. The highest BCUT2D eigenvalue weighted by atomic mass is 32.2. The Kier molecular flexibility index (Phi) is 6.36. The molecule has 24 heavy (non-hydrogen) atoms. The topological polar surface area (TPSA) is 81.7 Å². The fourth-order valence-corrected chi connectivity index (χ4v) is 4.52. The third kappa shape index (κ3) is 4.34. The van der Waals surface area contributed by atoms with Gasteiger partial charge in [0, 0.05) is 6.54 Å². The van der Waals surface area contributed by atoms with E-state index in [2.05, 4.69) is 9.46 Å². The number of ether oxygens (including phenoxy) is 2. The predicted octanol–water partition coefficient (Wildman–Crippen LogP) is 2.45. The number of benzene rings is 1. The Balaban J connectivity index is 2.07. The van der Waals surface area contributed by atoms with Crippen LogP contribution in [0.1, 0.15) is 22.2 Å². The third-order valence-electron chi connectivity index (χ3n) is 3.25. The summed E-state index contributed by atoms with van der Waals surface area (Å²) in [4.78, 5) is 11.6. The van der Waals surface area contributed by atoms with Crippen LogP contribution in [-0.4, -0.2) is 34.6 Å². The second-order valence-electron chi connectivity index (χ2n) is 4.79. The van der Waals surface area contributed by atoms with Crippen molar-refractivity contribution in [3.63, 3.8) is 0 Å². The molecule has 0 saturated carbocycles. The van der Waals surface area contributed by atoms with Crippen LogP contribution in [0.2, 0.25) is 0 Å². The van der Waals surface area contributed by atoms with Crippen molar-refractivity contribution in [1.29, 1.82) is 0 Å². The SMILES string of the molecule is CCOc1ccccc1CCNS(=O)(=O)c1ccsc1C(=O)OC. The van der Waals surface area contributed by atoms with E-state index in [0.29, 0.717) is 13.0 Å². The Morgan fingerprint density at radius 3 is 2.71 bits per heavy atom. The largest absolute Gasteiger partial charge is 0.494 e. The number of hydrogen-bond acceptors (Lipinski definition) is 6. The average molecular weight is 369 g/mol. The average Bonchev–Trinajstić information content (AvgIpc) is 3.06. The highest BCUT2D eigenvalue weighted by Gasteiger charge is 2.24. The zero-order chi connectivity index (χ0) is 17.6. The lowest BCUT2D eigenvalue weighted by Gasteiger charge is -2.11. The van der Waals surface area contributed by atoms with Gasteiger partial charge in [0.2, 0.25) is 10.0 Å². The van der Waals surface area contributed by atoms with E-state index >= 15 is 0 Å². The van der Waals surface area contributed by atoms with Crippen molar-refractivity contribution >= 4 is 27.3 Å². The Labute approximate surface area is 145 Å². The van der Waals surface area contributed by atoms with Crippen molar-refractivity contribution in [2.24, 2.45) is 0 Å². The second-order valence-corrected chi connectivity index (χ2v) is 7.45. The number of para-hydroxylation sites is 1. The molecule has 0 bridgehead atoms. The first-order chi connectivity index (χ1) is 11.5. The van der Waals surface area contributed by atoms with Gasteiger partial charge in [-0.1, -0.05) is 18.2 Å². The van der Waals surface area contributed by atoms with Crippen LogP contribution < -0.4 is 9.46 Å². The van der Waals surface area contributed by atoms with Crippen molar-refractivity contribution in [1.82, 2.24) is 4.72 Å². The van der Waals surface area contributed by atoms with Gasteiger partial charge in [0.15, 0.2) is 0 Å². The summed E-state index contributed by atoms with van der Waals surface area (Å²) >= 11 is 1.03. The number of thiophene rings is 1. The molecule has 0 fully saturated rings. The van der Waals surface area contributed by atoms with Gasteiger partial charge >= 0.3 is 5.97 Å². The van der Waals surface area contributed by atoms with Gasteiger partial charge in [-0.25, -0.2) is 17.9 Å². The van der Waals surface area contributed by atoms with Gasteiger partial charge < -0.3 is 9.47 Å². The summed E-state index contributed by atoms with van der Waals surface area (Å²) in [6.07, 6.45) is 0.479. The van der Waals surface area contributed by atoms with Gasteiger partial charge in [-0.05, 0) is 36.4 Å². The fourth-order valence-electron chi connectivity index (χ4n) is 2.16. The van der Waals surface area contributed by atoms with Crippen LogP contribution in [0.15, 0.2) is 40.6 Å². The Morgan fingerprint density at radius 1 is 1.25 bits per heavy atom. The molecule has 8 heteroatoms. The van der Waals surface area contributed by atoms with E-state index in [1.807, 2.05) is 31.2 Å². The molecule has 1 aromatic carbocycles. The van der Waals surface area contributed by atoms with Gasteiger partial charge in [-0.3, -0.25) is 0 Å². The first-order valence-electron chi connectivity index (χ1n) is 7.35. The van der Waals surface area contributed by atoms with E-state index in [1.165, 1.54) is 13.2 Å². The second kappa shape index (κ2) is 8.27. The van der Waals surface area contributed by atoms with Crippen molar-refractivity contribution in [3.05, 3.63) is 46.2 Å². The molecule has 0 amide bonds. The molecule has 1 aromatic heterocycles. The first kappa shape index (κ1) is 18.4. The van der Waals surface area contributed by atoms with Gasteiger partial charge in [0.25, 0.3) is 0 Å². The minimum atomic E-state index is -3.78. The lowest BCUT2D eigenvalue weighted by molar-refractivity contribution is 0.0602. The standard InChI is InChI=1S/C16H19NO5S2/c1-3-22-13-7-5-4-6-12(13)8-10-17-24(19,20)14-9-11-23-15(14)16(18)21-2/h4-7,9,11,17H,3,8,10H2,1-2H3. The minimum Gasteiger partial charge on any atom is -0.494 e. The summed E-state index contributed by atoms with van der Waals surface area (Å²) in [5.41, 5.74) is 0.917. The van der Waals surface area contributed by atoms with Crippen LogP contribution in [0.4, 0.5) is 0 Å². The normalized spacial score (nSPS) is 11.2. The Hall–Kier alpha value is -1.90. The Bertz CT molecular complexity index is 798. The number of esters is 1. The smallest absolute Gasteiger partial charge is 0.349 e. The lowest BCUT2D eigenvalue weighted by atomic mass is 10.1. The van der Waals surface area contributed by atoms with Crippen molar-refractivity contribution in [2.45, 2.75) is 18.2 Å². The van der Waals surface area contributed by atoms with Crippen LogP contribution in [0.3, 0.4) is 0 Å². The number of sulfonamides is 1. The van der Waals surface area contributed by atoms with E-state index < -0.39 is 16.0 Å². The molecule has 0 spiro atoms. The number of hydrogen-bond donors (Lipinski definition) is 1. The van der Waals surface area contributed by atoms with E-state index in [4.69, 9.17) is 4.74 Å². The summed E-state index contributed by atoms with van der Waals surface area (Å²) < 4.78 is 37.4. The zero-order valence-corrected chi connectivity index (χ0v) is 15.1. The molecule has 130 valence electrons. The fraction of sp³-hybridized carbons (Fsp3) is 0.312. The summed E-state index contributed by atoms with van der Waals surface area (Å²) in [6, 6.07) is 8.88. The van der Waals surface area contributed by atoms with E-state index in [1.54, 1.807) is 5.38 Å². The van der Waals surface area contributed by atoms with Crippen molar-refractivity contribution in [3.8, 4) is 5.75 Å². The highest BCUT2D eigenvalue weighted by Crippen LogP contribution is 2.23. The maximum absolute atomic E-state index is 12.4. The summed E-state index contributed by atoms with van der Waals surface area (Å²) in [7, 11) is -2.56. The van der Waals surface area contributed by atoms with Gasteiger partial charge in [-0.15, -0.1) is 11.3 Å². The molecule has 1 heterocycles. The van der Waals surface area contributed by atoms with Crippen molar-refractivity contribution < 1.29 is 22.7 Å². The molecule has 0 unspecified atom stereocenters. The number of methoxy groups -OCH3 is 1. The van der Waals surface area contributed by atoms with Crippen LogP contribution >= 0.6 is 11.3 Å². The number of nitrogens with one attached hydrogen (secondary N) is 1. The van der Waals surface area contributed by atoms with Gasteiger partial charge in [0.1, 0.15) is 15.5 Å². The van der Waals surface area contributed by atoms with E-state index in [9.17, 15) is 13.2 Å². The monoisotopic (exact) mass is 369 g/mol. The van der Waals surface area contributed by atoms with Gasteiger partial charge in [-0.2, -0.15) is 0 Å². The maximum atomic E-state index is 12.4. The van der Waals surface area contributed by atoms with Gasteiger partial charge in [0.05, 0.1) is 13.7 Å². The highest BCUT2D eigenvalue weighted by molar-refractivity contribution is 7.89. The predicted molar refractivity (Wildman–Crippen MR) is 92.2 cm³/mol. The van der Waals surface area contributed by atoms with E-state index in [0.717, 1.165) is 22.6 Å². The molecule has 0 aliphatic heterocycles. The molecule has 0 saturated heterocycles. The molecule has 0 aliphatic rings. The molecule has 0 atom stereocenters.